The van der Waals surface area contributed by atoms with Crippen molar-refractivity contribution < 1.29 is 14.3 Å². The third-order valence-corrected chi connectivity index (χ3v) is 4.65. The van der Waals surface area contributed by atoms with Crippen molar-refractivity contribution in [3.05, 3.63) is 46.5 Å². The first-order valence-electron chi connectivity index (χ1n) is 7.83. The molecule has 0 fully saturated rings. The standard InChI is InChI=1S/C18H18N4O3S/c1-10-9-12(5-7-14(10)24-3)16-11(2)26-18(20-16)19-15-8-6-13(21-22-15)17(23)25-4/h5-9H,1-4H3,(H,19,20,22). The Morgan fingerprint density at radius 3 is 2.54 bits per heavy atom. The Bertz CT molecular complexity index is 938. The molecule has 2 heterocycles. The zero-order chi connectivity index (χ0) is 18.7. The molecule has 7 nitrogen and oxygen atoms in total. The topological polar surface area (TPSA) is 86.2 Å². The third kappa shape index (κ3) is 3.65. The fraction of sp³-hybridized carbons (Fsp3) is 0.222. The van der Waals surface area contributed by atoms with Crippen LogP contribution < -0.4 is 10.1 Å². The highest BCUT2D eigenvalue weighted by Gasteiger charge is 2.13. The molecule has 3 rings (SSSR count). The third-order valence-electron chi connectivity index (χ3n) is 3.76. The van der Waals surface area contributed by atoms with E-state index in [1.54, 1.807) is 19.2 Å². The number of benzene rings is 1. The van der Waals surface area contributed by atoms with Crippen molar-refractivity contribution in [2.75, 3.05) is 19.5 Å². The van der Waals surface area contributed by atoms with Gasteiger partial charge in [0.1, 0.15) is 5.75 Å². The van der Waals surface area contributed by atoms with Crippen molar-refractivity contribution in [1.29, 1.82) is 0 Å². The lowest BCUT2D eigenvalue weighted by Gasteiger charge is -2.06. The Kier molecular flexibility index (Phi) is 5.13. The van der Waals surface area contributed by atoms with Crippen molar-refractivity contribution in [3.8, 4) is 17.0 Å². The van der Waals surface area contributed by atoms with Gasteiger partial charge in [-0.3, -0.25) is 0 Å². The van der Waals surface area contributed by atoms with Crippen molar-refractivity contribution >= 4 is 28.3 Å². The van der Waals surface area contributed by atoms with Crippen molar-refractivity contribution in [2.24, 2.45) is 0 Å². The minimum atomic E-state index is -0.522. The lowest BCUT2D eigenvalue weighted by atomic mass is 10.1. The second-order valence-electron chi connectivity index (χ2n) is 5.53. The first-order valence-corrected chi connectivity index (χ1v) is 8.65. The molecule has 0 saturated heterocycles. The number of anilines is 2. The molecule has 0 saturated carbocycles. The number of nitrogens with zero attached hydrogens (tertiary/aromatic N) is 3. The number of hydrogen-bond donors (Lipinski definition) is 1. The highest BCUT2D eigenvalue weighted by atomic mass is 32.1. The van der Waals surface area contributed by atoms with Crippen LogP contribution in [-0.2, 0) is 4.74 Å². The van der Waals surface area contributed by atoms with Crippen LogP contribution in [-0.4, -0.2) is 35.4 Å². The first kappa shape index (κ1) is 17.8. The monoisotopic (exact) mass is 370 g/mol. The summed E-state index contributed by atoms with van der Waals surface area (Å²) in [6, 6.07) is 9.19. The Morgan fingerprint density at radius 2 is 1.92 bits per heavy atom. The fourth-order valence-corrected chi connectivity index (χ4v) is 3.31. The molecule has 0 aliphatic rings. The summed E-state index contributed by atoms with van der Waals surface area (Å²) in [6.45, 7) is 4.02. The van der Waals surface area contributed by atoms with Crippen molar-refractivity contribution in [3.63, 3.8) is 0 Å². The van der Waals surface area contributed by atoms with E-state index in [-0.39, 0.29) is 5.69 Å². The summed E-state index contributed by atoms with van der Waals surface area (Å²) < 4.78 is 9.91. The number of rotatable bonds is 5. The number of hydrogen-bond acceptors (Lipinski definition) is 8. The number of aryl methyl sites for hydroxylation is 2. The van der Waals surface area contributed by atoms with Gasteiger partial charge in [-0.2, -0.15) is 0 Å². The minimum absolute atomic E-state index is 0.155. The summed E-state index contributed by atoms with van der Waals surface area (Å²) in [7, 11) is 2.96. The summed E-state index contributed by atoms with van der Waals surface area (Å²) in [4.78, 5) is 17.1. The van der Waals surface area contributed by atoms with E-state index in [1.807, 2.05) is 26.0 Å². The van der Waals surface area contributed by atoms with Crippen LogP contribution >= 0.6 is 11.3 Å². The summed E-state index contributed by atoms with van der Waals surface area (Å²) in [5.74, 6) is 0.830. The second-order valence-corrected chi connectivity index (χ2v) is 6.73. The van der Waals surface area contributed by atoms with E-state index in [4.69, 9.17) is 4.74 Å². The molecule has 0 unspecified atom stereocenters. The van der Waals surface area contributed by atoms with E-state index in [1.165, 1.54) is 18.4 Å². The molecule has 0 aliphatic heterocycles. The van der Waals surface area contributed by atoms with E-state index >= 15 is 0 Å². The number of methoxy groups -OCH3 is 2. The van der Waals surface area contributed by atoms with Gasteiger partial charge in [-0.1, -0.05) is 0 Å². The van der Waals surface area contributed by atoms with E-state index in [9.17, 15) is 4.79 Å². The Morgan fingerprint density at radius 1 is 1.12 bits per heavy atom. The molecule has 0 aliphatic carbocycles. The lowest BCUT2D eigenvalue weighted by Crippen LogP contribution is -2.06. The normalized spacial score (nSPS) is 10.5. The molecular formula is C18H18N4O3S. The van der Waals surface area contributed by atoms with Gasteiger partial charge >= 0.3 is 5.97 Å². The molecule has 1 N–H and O–H groups in total. The predicted molar refractivity (Wildman–Crippen MR) is 100 cm³/mol. The quantitative estimate of drug-likeness (QED) is 0.684. The van der Waals surface area contributed by atoms with Gasteiger partial charge < -0.3 is 14.8 Å². The van der Waals surface area contributed by atoms with Crippen LogP contribution in [0, 0.1) is 13.8 Å². The Balaban J connectivity index is 1.82. The summed E-state index contributed by atoms with van der Waals surface area (Å²) >= 11 is 1.52. The van der Waals surface area contributed by atoms with Gasteiger partial charge in [-0.25, -0.2) is 9.78 Å². The van der Waals surface area contributed by atoms with Crippen LogP contribution in [0.15, 0.2) is 30.3 Å². The molecule has 134 valence electrons. The number of esters is 1. The Hall–Kier alpha value is -3.00. The van der Waals surface area contributed by atoms with Crippen LogP contribution in [0.2, 0.25) is 0 Å². The van der Waals surface area contributed by atoms with E-state index < -0.39 is 5.97 Å². The fourth-order valence-electron chi connectivity index (χ4n) is 2.47. The maximum atomic E-state index is 11.4. The molecule has 0 bridgehead atoms. The van der Waals surface area contributed by atoms with Crippen LogP contribution in [0.4, 0.5) is 10.9 Å². The summed E-state index contributed by atoms with van der Waals surface area (Å²) in [5, 5.41) is 11.6. The highest BCUT2D eigenvalue weighted by molar-refractivity contribution is 7.16. The number of nitrogens with one attached hydrogen (secondary N) is 1. The maximum Gasteiger partial charge on any atom is 0.358 e. The predicted octanol–water partition coefficient (Wildman–Crippen LogP) is 3.76. The van der Waals surface area contributed by atoms with Crippen LogP contribution in [0.5, 0.6) is 5.75 Å². The average Bonchev–Trinajstić information content (AvgIpc) is 3.01. The van der Waals surface area contributed by atoms with Crippen LogP contribution in [0.3, 0.4) is 0 Å². The summed E-state index contributed by atoms with van der Waals surface area (Å²) in [6.07, 6.45) is 0. The smallest absolute Gasteiger partial charge is 0.358 e. The number of aromatic nitrogens is 3. The first-order chi connectivity index (χ1) is 12.5. The van der Waals surface area contributed by atoms with E-state index in [0.29, 0.717) is 10.9 Å². The van der Waals surface area contributed by atoms with Crippen molar-refractivity contribution in [2.45, 2.75) is 13.8 Å². The SMILES string of the molecule is COC(=O)c1ccc(Nc2nc(-c3ccc(OC)c(C)c3)c(C)s2)nn1. The second kappa shape index (κ2) is 7.49. The van der Waals surface area contributed by atoms with E-state index in [0.717, 1.165) is 27.4 Å². The lowest BCUT2D eigenvalue weighted by molar-refractivity contribution is 0.0593. The van der Waals surface area contributed by atoms with Gasteiger partial charge in [0.2, 0.25) is 0 Å². The zero-order valence-electron chi connectivity index (χ0n) is 14.9. The van der Waals surface area contributed by atoms with E-state index in [2.05, 4.69) is 31.3 Å². The molecule has 1 aromatic carbocycles. The maximum absolute atomic E-state index is 11.4. The molecule has 26 heavy (non-hydrogen) atoms. The highest BCUT2D eigenvalue weighted by Crippen LogP contribution is 2.33. The van der Waals surface area contributed by atoms with Gasteiger partial charge in [-0.15, -0.1) is 21.5 Å². The largest absolute Gasteiger partial charge is 0.496 e. The zero-order valence-corrected chi connectivity index (χ0v) is 15.7. The van der Waals surface area contributed by atoms with Gasteiger partial charge in [0, 0.05) is 10.4 Å². The molecule has 0 amide bonds. The minimum Gasteiger partial charge on any atom is -0.496 e. The molecule has 8 heteroatoms. The Labute approximate surface area is 155 Å². The number of carbonyl (C=O) groups is 1. The molecule has 0 atom stereocenters. The number of ether oxygens (including phenoxy) is 2. The number of thiazole rings is 1. The average molecular weight is 370 g/mol. The molecule has 2 aromatic heterocycles. The van der Waals surface area contributed by atoms with Gasteiger partial charge in [-0.05, 0) is 49.7 Å². The summed E-state index contributed by atoms with van der Waals surface area (Å²) in [5.41, 5.74) is 3.14. The van der Waals surface area contributed by atoms with Gasteiger partial charge in [0.25, 0.3) is 0 Å². The molecule has 0 radical (unpaired) electrons. The number of carbonyl (C=O) groups excluding carboxylic acids is 1. The molecule has 3 aromatic rings. The van der Waals surface area contributed by atoms with Gasteiger partial charge in [0.05, 0.1) is 19.9 Å². The van der Waals surface area contributed by atoms with Crippen molar-refractivity contribution in [1.82, 2.24) is 15.2 Å². The van der Waals surface area contributed by atoms with Crippen LogP contribution in [0.1, 0.15) is 20.9 Å². The molecule has 0 spiro atoms. The molecular weight excluding hydrogens is 352 g/mol. The van der Waals surface area contributed by atoms with Gasteiger partial charge in [0.15, 0.2) is 16.6 Å². The van der Waals surface area contributed by atoms with Crippen LogP contribution in [0.25, 0.3) is 11.3 Å².